The summed E-state index contributed by atoms with van der Waals surface area (Å²) in [6.07, 6.45) is 5.86. The van der Waals surface area contributed by atoms with Crippen molar-refractivity contribution in [2.45, 2.75) is 32.0 Å². The van der Waals surface area contributed by atoms with Crippen LogP contribution in [0.3, 0.4) is 0 Å². The normalized spacial score (nSPS) is 24.9. The van der Waals surface area contributed by atoms with Crippen molar-refractivity contribution >= 4 is 23.9 Å². The zero-order valence-corrected chi connectivity index (χ0v) is 18.5. The van der Waals surface area contributed by atoms with Gasteiger partial charge in [0.05, 0.1) is 36.4 Å². The Morgan fingerprint density at radius 2 is 1.73 bits per heavy atom. The van der Waals surface area contributed by atoms with Crippen molar-refractivity contribution in [1.82, 2.24) is 30.2 Å². The average molecular weight is 454 g/mol. The van der Waals surface area contributed by atoms with Crippen molar-refractivity contribution < 1.29 is 14.3 Å². The van der Waals surface area contributed by atoms with Crippen LogP contribution in [0.1, 0.15) is 19.8 Å². The molecule has 0 radical (unpaired) electrons. The molecule has 2 bridgehead atoms. The van der Waals surface area contributed by atoms with Crippen molar-refractivity contribution in [1.29, 1.82) is 0 Å². The number of anilines is 3. The fourth-order valence-electron chi connectivity index (χ4n) is 4.84. The molecule has 33 heavy (non-hydrogen) atoms. The minimum atomic E-state index is -0.344. The SMILES string of the molecule is CCNC(=O)Nc1ncc(-c2nc(N3CC4CCC(C3)O4)nc(N3CC4(COC4)C3)n2)cn1. The molecule has 2 N–H and O–H groups in total. The van der Waals surface area contributed by atoms with Gasteiger partial charge in [0.25, 0.3) is 0 Å². The van der Waals surface area contributed by atoms with Crippen LogP contribution >= 0.6 is 0 Å². The second kappa shape index (κ2) is 8.03. The molecule has 174 valence electrons. The summed E-state index contributed by atoms with van der Waals surface area (Å²) in [4.78, 5) is 39.0. The van der Waals surface area contributed by atoms with E-state index < -0.39 is 0 Å². The van der Waals surface area contributed by atoms with Gasteiger partial charge >= 0.3 is 6.03 Å². The fourth-order valence-corrected chi connectivity index (χ4v) is 4.84. The van der Waals surface area contributed by atoms with Crippen LogP contribution in [0.5, 0.6) is 0 Å². The van der Waals surface area contributed by atoms with Gasteiger partial charge in [-0.2, -0.15) is 15.0 Å². The lowest BCUT2D eigenvalue weighted by atomic mass is 9.78. The van der Waals surface area contributed by atoms with Crippen molar-refractivity contribution in [3.05, 3.63) is 12.4 Å². The second-order valence-electron chi connectivity index (χ2n) is 9.25. The quantitative estimate of drug-likeness (QED) is 0.666. The number of fused-ring (bicyclic) bond motifs is 2. The first-order valence-electron chi connectivity index (χ1n) is 11.5. The second-order valence-corrected chi connectivity index (χ2v) is 9.25. The zero-order chi connectivity index (χ0) is 22.4. The van der Waals surface area contributed by atoms with Crippen molar-refractivity contribution in [3.63, 3.8) is 0 Å². The largest absolute Gasteiger partial charge is 0.380 e. The first-order chi connectivity index (χ1) is 16.1. The maximum Gasteiger partial charge on any atom is 0.321 e. The molecule has 6 heterocycles. The highest BCUT2D eigenvalue weighted by molar-refractivity contribution is 5.87. The lowest BCUT2D eigenvalue weighted by Gasteiger charge is -2.54. The molecule has 1 spiro atoms. The summed E-state index contributed by atoms with van der Waals surface area (Å²) in [5.41, 5.74) is 0.917. The molecule has 4 aliphatic rings. The van der Waals surface area contributed by atoms with E-state index in [1.807, 2.05) is 6.92 Å². The van der Waals surface area contributed by atoms with Crippen LogP contribution in [-0.4, -0.2) is 89.1 Å². The van der Waals surface area contributed by atoms with Crippen LogP contribution < -0.4 is 20.4 Å². The van der Waals surface area contributed by atoms with E-state index in [4.69, 9.17) is 24.4 Å². The number of morpholine rings is 1. The molecule has 2 unspecified atom stereocenters. The Morgan fingerprint density at radius 3 is 2.33 bits per heavy atom. The molecule has 6 rings (SSSR count). The molecule has 2 aromatic rings. The Bertz CT molecular complexity index is 1030. The van der Waals surface area contributed by atoms with Gasteiger partial charge in [-0.15, -0.1) is 0 Å². The average Bonchev–Trinajstić information content (AvgIpc) is 3.09. The topological polar surface area (TPSA) is 131 Å². The predicted octanol–water partition coefficient (Wildman–Crippen LogP) is 0.674. The lowest BCUT2D eigenvalue weighted by molar-refractivity contribution is -0.127. The third kappa shape index (κ3) is 3.93. The molecule has 0 aliphatic carbocycles. The number of aromatic nitrogens is 5. The summed E-state index contributed by atoms with van der Waals surface area (Å²) in [5, 5.41) is 5.26. The van der Waals surface area contributed by atoms with Gasteiger partial charge in [-0.3, -0.25) is 5.32 Å². The molecule has 2 atom stereocenters. The van der Waals surface area contributed by atoms with Gasteiger partial charge in [-0.1, -0.05) is 0 Å². The standard InChI is InChI=1S/C21H27N9O3/c1-2-22-20(31)27-17-23-5-13(6-24-17)16-25-18(29-7-14-3-4-15(8-29)33-14)28-19(26-16)30-9-21(10-30)11-32-12-21/h5-6,14-15H,2-4,7-12H2,1H3,(H2,22,23,24,27,31). The van der Waals surface area contributed by atoms with Crippen LogP contribution in [0.15, 0.2) is 12.4 Å². The third-order valence-electron chi connectivity index (χ3n) is 6.56. The van der Waals surface area contributed by atoms with E-state index in [0.717, 1.165) is 52.2 Å². The number of nitrogens with one attached hydrogen (secondary N) is 2. The first-order valence-corrected chi connectivity index (χ1v) is 11.5. The van der Waals surface area contributed by atoms with Crippen LogP contribution in [0.25, 0.3) is 11.4 Å². The maximum atomic E-state index is 11.7. The van der Waals surface area contributed by atoms with Gasteiger partial charge in [0.1, 0.15) is 0 Å². The van der Waals surface area contributed by atoms with Crippen LogP contribution in [-0.2, 0) is 9.47 Å². The minimum absolute atomic E-state index is 0.221. The number of hydrogen-bond donors (Lipinski definition) is 2. The highest BCUT2D eigenvalue weighted by Crippen LogP contribution is 2.40. The number of carbonyl (C=O) groups excluding carboxylic acids is 1. The molecular formula is C21H27N9O3. The molecule has 2 aromatic heterocycles. The molecule has 4 saturated heterocycles. The van der Waals surface area contributed by atoms with Gasteiger partial charge in [-0.05, 0) is 19.8 Å². The number of urea groups is 1. The van der Waals surface area contributed by atoms with Crippen molar-refractivity contribution in [2.75, 3.05) is 61.1 Å². The van der Waals surface area contributed by atoms with E-state index in [9.17, 15) is 4.79 Å². The number of rotatable bonds is 5. The maximum absolute atomic E-state index is 11.7. The molecule has 2 amide bonds. The van der Waals surface area contributed by atoms with Gasteiger partial charge < -0.3 is 24.6 Å². The number of ether oxygens (including phenoxy) is 2. The summed E-state index contributed by atoms with van der Waals surface area (Å²) in [7, 11) is 0. The number of carbonyl (C=O) groups is 1. The summed E-state index contributed by atoms with van der Waals surface area (Å²) in [5.74, 6) is 2.06. The van der Waals surface area contributed by atoms with Crippen LogP contribution in [0.2, 0.25) is 0 Å². The monoisotopic (exact) mass is 453 g/mol. The highest BCUT2D eigenvalue weighted by Gasteiger charge is 2.50. The lowest BCUT2D eigenvalue weighted by Crippen LogP contribution is -2.66. The van der Waals surface area contributed by atoms with Crippen molar-refractivity contribution in [3.8, 4) is 11.4 Å². The molecule has 4 fully saturated rings. The van der Waals surface area contributed by atoms with Gasteiger partial charge in [0.15, 0.2) is 5.82 Å². The fraction of sp³-hybridized carbons (Fsp3) is 0.619. The van der Waals surface area contributed by atoms with Gasteiger partial charge in [0, 0.05) is 45.1 Å². The summed E-state index contributed by atoms with van der Waals surface area (Å²) < 4.78 is 11.4. The van der Waals surface area contributed by atoms with E-state index in [1.54, 1.807) is 12.4 Å². The number of hydrogen-bond acceptors (Lipinski definition) is 10. The molecule has 12 heteroatoms. The van der Waals surface area contributed by atoms with E-state index in [2.05, 4.69) is 30.4 Å². The van der Waals surface area contributed by atoms with Gasteiger partial charge in [-0.25, -0.2) is 14.8 Å². The Balaban J connectivity index is 1.27. The Labute approximate surface area is 191 Å². The number of amides is 2. The summed E-state index contributed by atoms with van der Waals surface area (Å²) in [6, 6.07) is -0.344. The van der Waals surface area contributed by atoms with Crippen LogP contribution in [0, 0.1) is 5.41 Å². The Hall–Kier alpha value is -3.12. The minimum Gasteiger partial charge on any atom is -0.380 e. The van der Waals surface area contributed by atoms with E-state index in [1.165, 1.54) is 0 Å². The number of nitrogens with zero attached hydrogens (tertiary/aromatic N) is 7. The highest BCUT2D eigenvalue weighted by atomic mass is 16.5. The Morgan fingerprint density at radius 1 is 1.06 bits per heavy atom. The molecule has 0 saturated carbocycles. The van der Waals surface area contributed by atoms with Crippen molar-refractivity contribution in [2.24, 2.45) is 5.41 Å². The predicted molar refractivity (Wildman–Crippen MR) is 119 cm³/mol. The van der Waals surface area contributed by atoms with E-state index in [-0.39, 0.29) is 29.6 Å². The Kier molecular flexibility index (Phi) is 4.98. The van der Waals surface area contributed by atoms with E-state index >= 15 is 0 Å². The van der Waals surface area contributed by atoms with Crippen LogP contribution in [0.4, 0.5) is 22.6 Å². The molecule has 4 aliphatic heterocycles. The van der Waals surface area contributed by atoms with E-state index in [0.29, 0.717) is 29.8 Å². The summed E-state index contributed by atoms with van der Waals surface area (Å²) >= 11 is 0. The molecule has 12 nitrogen and oxygen atoms in total. The third-order valence-corrected chi connectivity index (χ3v) is 6.56. The zero-order valence-electron chi connectivity index (χ0n) is 18.5. The first kappa shape index (κ1) is 20.5. The molecular weight excluding hydrogens is 426 g/mol. The molecule has 0 aromatic carbocycles. The summed E-state index contributed by atoms with van der Waals surface area (Å²) in [6.45, 7) is 7.30. The smallest absolute Gasteiger partial charge is 0.321 e. The van der Waals surface area contributed by atoms with Gasteiger partial charge in [0.2, 0.25) is 17.8 Å².